The van der Waals surface area contributed by atoms with Crippen LogP contribution in [0, 0.1) is 36.0 Å². The van der Waals surface area contributed by atoms with Crippen LogP contribution in [-0.4, -0.2) is 45.3 Å². The lowest BCUT2D eigenvalue weighted by Crippen LogP contribution is -2.45. The summed E-state index contributed by atoms with van der Waals surface area (Å²) in [6.07, 6.45) is 5.96. The second kappa shape index (κ2) is 11.3. The van der Waals surface area contributed by atoms with Crippen LogP contribution in [0.5, 0.6) is 0 Å². The summed E-state index contributed by atoms with van der Waals surface area (Å²) in [6.45, 7) is 11.0. The van der Waals surface area contributed by atoms with Gasteiger partial charge in [0.25, 0.3) is 0 Å². The Kier molecular flexibility index (Phi) is 8.92. The number of hydrogen-bond donors (Lipinski definition) is 2. The summed E-state index contributed by atoms with van der Waals surface area (Å²) in [6, 6.07) is 3.95. The molecule has 2 heterocycles. The maximum Gasteiger partial charge on any atom is 0.309 e. The molecule has 1 aliphatic heterocycles. The molecule has 2 aliphatic rings. The number of carbonyl (C=O) groups excluding carboxylic acids is 2. The summed E-state index contributed by atoms with van der Waals surface area (Å²) < 4.78 is 5.91. The van der Waals surface area contributed by atoms with Gasteiger partial charge in [-0.15, -0.1) is 0 Å². The fourth-order valence-corrected chi connectivity index (χ4v) is 5.34. The molecule has 1 unspecified atom stereocenters. The van der Waals surface area contributed by atoms with Crippen LogP contribution < -0.4 is 0 Å². The van der Waals surface area contributed by atoms with Crippen molar-refractivity contribution in [1.82, 2.24) is 4.98 Å². The lowest BCUT2D eigenvalue weighted by molar-refractivity contribution is -0.154. The smallest absolute Gasteiger partial charge is 0.309 e. The molecule has 2 fully saturated rings. The molecule has 3 rings (SSSR count). The minimum absolute atomic E-state index is 0.00287. The molecular weight excluding hydrogens is 442 g/mol. The maximum atomic E-state index is 13.2. The zero-order valence-electron chi connectivity index (χ0n) is 22.2. The maximum absolute atomic E-state index is 13.2. The van der Waals surface area contributed by atoms with E-state index in [1.807, 2.05) is 45.2 Å². The first-order valence-corrected chi connectivity index (χ1v) is 13.1. The Morgan fingerprint density at radius 2 is 1.83 bits per heavy atom. The molecule has 1 aromatic rings. The van der Waals surface area contributed by atoms with E-state index in [2.05, 4.69) is 4.98 Å². The Morgan fingerprint density at radius 3 is 2.49 bits per heavy atom. The predicted octanol–water partition coefficient (Wildman–Crippen LogP) is 4.89. The third-order valence-corrected chi connectivity index (χ3v) is 8.25. The van der Waals surface area contributed by atoms with E-state index in [0.717, 1.165) is 48.9 Å². The van der Waals surface area contributed by atoms with E-state index in [0.29, 0.717) is 11.8 Å². The van der Waals surface area contributed by atoms with Crippen molar-refractivity contribution in [2.75, 3.05) is 0 Å². The first-order valence-electron chi connectivity index (χ1n) is 13.1. The first-order chi connectivity index (χ1) is 16.4. The molecule has 2 N–H and O–H groups in total. The van der Waals surface area contributed by atoms with Gasteiger partial charge in [-0.1, -0.05) is 46.6 Å². The van der Waals surface area contributed by atoms with Crippen LogP contribution in [0.25, 0.3) is 6.08 Å². The number of pyridine rings is 1. The molecule has 1 aromatic heterocycles. The van der Waals surface area contributed by atoms with Crippen LogP contribution in [-0.2, 0) is 14.3 Å². The molecule has 35 heavy (non-hydrogen) atoms. The van der Waals surface area contributed by atoms with Crippen LogP contribution in [0.3, 0.4) is 0 Å². The molecule has 0 aromatic carbocycles. The number of ketones is 1. The lowest BCUT2D eigenvalue weighted by atomic mass is 9.73. The monoisotopic (exact) mass is 485 g/mol. The molecule has 194 valence electrons. The Balaban J connectivity index is 1.82. The summed E-state index contributed by atoms with van der Waals surface area (Å²) in [4.78, 5) is 30.6. The third-order valence-electron chi connectivity index (χ3n) is 8.25. The number of hydrogen-bond acceptors (Lipinski definition) is 6. The van der Waals surface area contributed by atoms with Gasteiger partial charge in [-0.3, -0.25) is 14.6 Å². The number of Topliss-reactive ketones (excluding diaryl/α,β-unsaturated/α-hetero) is 1. The average Bonchev–Trinajstić information content (AvgIpc) is 3.55. The highest BCUT2D eigenvalue weighted by Gasteiger charge is 2.43. The van der Waals surface area contributed by atoms with Gasteiger partial charge in [-0.05, 0) is 74.1 Å². The minimum atomic E-state index is -1.20. The Labute approximate surface area is 210 Å². The second-order valence-corrected chi connectivity index (χ2v) is 11.6. The fourth-order valence-electron chi connectivity index (χ4n) is 5.34. The Morgan fingerprint density at radius 1 is 1.11 bits per heavy atom. The third kappa shape index (κ3) is 7.01. The second-order valence-electron chi connectivity index (χ2n) is 11.6. The van der Waals surface area contributed by atoms with Gasteiger partial charge in [0.05, 0.1) is 29.7 Å². The number of nitrogens with zero attached hydrogens (tertiary/aromatic N) is 1. The van der Waals surface area contributed by atoms with E-state index < -0.39 is 29.5 Å². The molecule has 0 bridgehead atoms. The number of aromatic nitrogens is 1. The zero-order valence-corrected chi connectivity index (χ0v) is 22.2. The normalized spacial score (nSPS) is 35.2. The minimum Gasteiger partial charge on any atom is -0.458 e. The number of aliphatic hydroxyl groups is 2. The molecule has 6 heteroatoms. The van der Waals surface area contributed by atoms with E-state index in [9.17, 15) is 19.8 Å². The number of carbonyl (C=O) groups is 2. The number of ether oxygens (including phenoxy) is 1. The summed E-state index contributed by atoms with van der Waals surface area (Å²) in [7, 11) is 0. The van der Waals surface area contributed by atoms with E-state index in [4.69, 9.17) is 4.74 Å². The van der Waals surface area contributed by atoms with E-state index in [-0.39, 0.29) is 24.2 Å². The summed E-state index contributed by atoms with van der Waals surface area (Å²) in [5.74, 6) is -0.271. The standard InChI is InChI=1S/C29H43NO5/c1-17-10-11-23(30-16-17)12-19(3)24-14-22-13-21(22)9-7-8-18(2)27(33)20(4)28(34)29(5,6)25(31)15-26(32)35-24/h10-12,16,18,20-22,24-25,27,31,33H,7-9,13-15H2,1-6H3/b19-12+/t18-,20+,21-,22-,24-,25-,27?/m0/s1. The molecular formula is C29H43NO5. The van der Waals surface area contributed by atoms with Crippen LogP contribution in [0.15, 0.2) is 23.9 Å². The Hall–Kier alpha value is -2.05. The highest BCUT2D eigenvalue weighted by atomic mass is 16.5. The number of aliphatic hydroxyl groups excluding tert-OH is 2. The number of esters is 1. The highest BCUT2D eigenvalue weighted by molar-refractivity contribution is 5.88. The van der Waals surface area contributed by atoms with E-state index in [1.54, 1.807) is 20.8 Å². The molecule has 1 aliphatic carbocycles. The van der Waals surface area contributed by atoms with Crippen molar-refractivity contribution in [2.24, 2.45) is 29.1 Å². The van der Waals surface area contributed by atoms with Gasteiger partial charge in [0.2, 0.25) is 0 Å². The Bertz CT molecular complexity index is 922. The van der Waals surface area contributed by atoms with E-state index >= 15 is 0 Å². The highest BCUT2D eigenvalue weighted by Crippen LogP contribution is 2.47. The van der Waals surface area contributed by atoms with Crippen molar-refractivity contribution in [1.29, 1.82) is 0 Å². The van der Waals surface area contributed by atoms with Crippen LogP contribution in [0.4, 0.5) is 0 Å². The summed E-state index contributed by atoms with van der Waals surface area (Å²) in [5, 5.41) is 21.7. The number of aryl methyl sites for hydroxylation is 1. The average molecular weight is 486 g/mol. The van der Waals surface area contributed by atoms with Gasteiger partial charge in [-0.25, -0.2) is 0 Å². The molecule has 0 amide bonds. The van der Waals surface area contributed by atoms with Gasteiger partial charge < -0.3 is 14.9 Å². The quantitative estimate of drug-likeness (QED) is 0.579. The molecule has 0 radical (unpaired) electrons. The number of cyclic esters (lactones) is 1. The molecule has 6 nitrogen and oxygen atoms in total. The topological polar surface area (TPSA) is 96.7 Å². The molecule has 1 saturated heterocycles. The van der Waals surface area contributed by atoms with Crippen molar-refractivity contribution in [2.45, 2.75) is 98.4 Å². The van der Waals surface area contributed by atoms with Crippen LogP contribution in [0.2, 0.25) is 0 Å². The van der Waals surface area contributed by atoms with Gasteiger partial charge in [0, 0.05) is 12.1 Å². The molecule has 1 saturated carbocycles. The lowest BCUT2D eigenvalue weighted by Gasteiger charge is -2.34. The van der Waals surface area contributed by atoms with Crippen LogP contribution in [0.1, 0.15) is 84.4 Å². The predicted molar refractivity (Wildman–Crippen MR) is 136 cm³/mol. The van der Waals surface area contributed by atoms with E-state index in [1.165, 1.54) is 0 Å². The van der Waals surface area contributed by atoms with Gasteiger partial charge in [0.1, 0.15) is 11.9 Å². The zero-order chi connectivity index (χ0) is 25.9. The van der Waals surface area contributed by atoms with Crippen LogP contribution >= 0.6 is 0 Å². The SMILES string of the molecule is C/C(=C\c1ccc(C)cn1)[C@@H]1C[C@@H]2C[C@@H]2CCC[C@H](C)C(O)[C@@H](C)C(=O)C(C)(C)[C@@H](O)CC(=O)O1. The number of fused-ring (bicyclic) bond motifs is 1. The summed E-state index contributed by atoms with van der Waals surface area (Å²) in [5.41, 5.74) is 1.65. The van der Waals surface area contributed by atoms with Gasteiger partial charge in [0.15, 0.2) is 0 Å². The van der Waals surface area contributed by atoms with Crippen molar-refractivity contribution in [3.05, 3.63) is 35.2 Å². The molecule has 0 spiro atoms. The van der Waals surface area contributed by atoms with Crippen molar-refractivity contribution >= 4 is 17.8 Å². The van der Waals surface area contributed by atoms with Gasteiger partial charge >= 0.3 is 5.97 Å². The van der Waals surface area contributed by atoms with Crippen molar-refractivity contribution < 1.29 is 24.5 Å². The largest absolute Gasteiger partial charge is 0.458 e. The summed E-state index contributed by atoms with van der Waals surface area (Å²) >= 11 is 0. The fraction of sp³-hybridized carbons (Fsp3) is 0.690. The molecule has 7 atom stereocenters. The number of rotatable bonds is 2. The van der Waals surface area contributed by atoms with Gasteiger partial charge in [-0.2, -0.15) is 0 Å². The first kappa shape index (κ1) is 27.5. The van der Waals surface area contributed by atoms with Crippen molar-refractivity contribution in [3.63, 3.8) is 0 Å². The van der Waals surface area contributed by atoms with Crippen molar-refractivity contribution in [3.8, 4) is 0 Å².